The topological polar surface area (TPSA) is 64.9 Å². The van der Waals surface area contributed by atoms with E-state index in [1.807, 2.05) is 0 Å². The molecule has 7 heteroatoms. The number of thiocarbonyl (C=S) groups is 1. The number of halogens is 1. The second-order valence-corrected chi connectivity index (χ2v) is 9.99. The number of amides is 1. The summed E-state index contributed by atoms with van der Waals surface area (Å²) < 4.78 is 0. The lowest BCUT2D eigenvalue weighted by Gasteiger charge is -2.33. The van der Waals surface area contributed by atoms with Crippen molar-refractivity contribution < 1.29 is 4.79 Å². The number of hydrogen-bond donors (Lipinski definition) is 2. The van der Waals surface area contributed by atoms with E-state index in [4.69, 9.17) is 23.8 Å². The molecule has 1 aromatic heterocycles. The fourth-order valence-electron chi connectivity index (χ4n) is 3.44. The lowest BCUT2D eigenvalue weighted by molar-refractivity contribution is 0.0977. The maximum Gasteiger partial charge on any atom is 0.257 e. The highest BCUT2D eigenvalue weighted by atomic mass is 35.5. The number of benzene rings is 1. The molecule has 0 spiro atoms. The molecular formula is C21H22ClN3OS2. The van der Waals surface area contributed by atoms with Crippen LogP contribution in [0.4, 0.5) is 5.00 Å². The zero-order valence-electron chi connectivity index (χ0n) is 16.1. The Bertz CT molecular complexity index is 952. The van der Waals surface area contributed by atoms with Gasteiger partial charge in [0.15, 0.2) is 5.11 Å². The van der Waals surface area contributed by atoms with Crippen molar-refractivity contribution in [3.63, 3.8) is 0 Å². The molecule has 3 rings (SSSR count). The fraction of sp³-hybridized carbons (Fsp3) is 0.381. The third kappa shape index (κ3) is 4.54. The number of fused-ring (bicyclic) bond motifs is 1. The third-order valence-electron chi connectivity index (χ3n) is 5.16. The number of carbonyl (C=O) groups excluding carboxylic acids is 1. The van der Waals surface area contributed by atoms with E-state index in [2.05, 4.69) is 37.5 Å². The van der Waals surface area contributed by atoms with Crippen LogP contribution in [0.3, 0.4) is 0 Å². The zero-order chi connectivity index (χ0) is 20.5. The first-order chi connectivity index (χ1) is 13.2. The van der Waals surface area contributed by atoms with E-state index in [0.29, 0.717) is 27.1 Å². The molecule has 4 nitrogen and oxygen atoms in total. The molecule has 0 unspecified atom stereocenters. The molecule has 0 fully saturated rings. The second-order valence-electron chi connectivity index (χ2n) is 8.04. The van der Waals surface area contributed by atoms with Crippen molar-refractivity contribution in [3.05, 3.63) is 50.9 Å². The van der Waals surface area contributed by atoms with Crippen LogP contribution in [0.5, 0.6) is 0 Å². The van der Waals surface area contributed by atoms with E-state index < -0.39 is 0 Å². The minimum absolute atomic E-state index is 0.183. The molecule has 1 aliphatic carbocycles. The number of nitriles is 1. The second kappa shape index (κ2) is 8.20. The summed E-state index contributed by atoms with van der Waals surface area (Å²) in [5.74, 6) is 0.274. The van der Waals surface area contributed by atoms with Gasteiger partial charge in [0, 0.05) is 15.5 Å². The van der Waals surface area contributed by atoms with Crippen LogP contribution in [0.15, 0.2) is 24.3 Å². The predicted octanol–water partition coefficient (Wildman–Crippen LogP) is 5.55. The molecule has 146 valence electrons. The summed E-state index contributed by atoms with van der Waals surface area (Å²) in [6.07, 6.45) is 2.96. The molecule has 1 amide bonds. The van der Waals surface area contributed by atoms with Gasteiger partial charge in [0.1, 0.15) is 11.1 Å². The summed E-state index contributed by atoms with van der Waals surface area (Å²) in [6.45, 7) is 6.80. The van der Waals surface area contributed by atoms with E-state index in [9.17, 15) is 10.1 Å². The Kier molecular flexibility index (Phi) is 6.09. The summed E-state index contributed by atoms with van der Waals surface area (Å²) >= 11 is 12.7. The van der Waals surface area contributed by atoms with Gasteiger partial charge in [-0.1, -0.05) is 32.4 Å². The van der Waals surface area contributed by atoms with Crippen LogP contribution in [0.1, 0.15) is 53.6 Å². The molecule has 1 aromatic carbocycles. The number of nitrogens with zero attached hydrogens (tertiary/aromatic N) is 1. The Balaban J connectivity index is 1.73. The highest BCUT2D eigenvalue weighted by molar-refractivity contribution is 7.80. The lowest BCUT2D eigenvalue weighted by Crippen LogP contribution is -2.34. The van der Waals surface area contributed by atoms with Gasteiger partial charge in [-0.15, -0.1) is 11.3 Å². The first-order valence-electron chi connectivity index (χ1n) is 9.11. The standard InChI is InChI=1S/C21H22ClN3OS2/c1-21(2,3)13-6-9-15-16(11-23)19(28-17(15)10-13)25-20(27)24-18(26)12-4-7-14(22)8-5-12/h4-5,7-8,13H,6,9-10H2,1-3H3,(H2,24,25,26,27)/t13-/m1/s1. The van der Waals surface area contributed by atoms with Gasteiger partial charge < -0.3 is 5.32 Å². The molecule has 0 saturated heterocycles. The monoisotopic (exact) mass is 431 g/mol. The maximum atomic E-state index is 12.3. The molecular weight excluding hydrogens is 410 g/mol. The van der Waals surface area contributed by atoms with E-state index in [0.717, 1.165) is 24.8 Å². The minimum atomic E-state index is -0.318. The number of carbonyl (C=O) groups is 1. The first-order valence-corrected chi connectivity index (χ1v) is 10.7. The molecule has 1 atom stereocenters. The van der Waals surface area contributed by atoms with E-state index >= 15 is 0 Å². The van der Waals surface area contributed by atoms with Gasteiger partial charge in [0.2, 0.25) is 0 Å². The number of thiophene rings is 1. The highest BCUT2D eigenvalue weighted by Gasteiger charge is 2.32. The smallest absolute Gasteiger partial charge is 0.257 e. The van der Waals surface area contributed by atoms with Crippen molar-refractivity contribution in [3.8, 4) is 6.07 Å². The molecule has 1 heterocycles. The van der Waals surface area contributed by atoms with E-state index in [-0.39, 0.29) is 16.4 Å². The van der Waals surface area contributed by atoms with Gasteiger partial charge >= 0.3 is 0 Å². The Morgan fingerprint density at radius 3 is 2.61 bits per heavy atom. The normalized spacial score (nSPS) is 16.0. The summed E-state index contributed by atoms with van der Waals surface area (Å²) in [6, 6.07) is 8.89. The van der Waals surface area contributed by atoms with Crippen LogP contribution >= 0.6 is 35.2 Å². The molecule has 0 aliphatic heterocycles. The van der Waals surface area contributed by atoms with Crippen LogP contribution in [0, 0.1) is 22.7 Å². The largest absolute Gasteiger partial charge is 0.323 e. The van der Waals surface area contributed by atoms with Crippen molar-refractivity contribution in [2.24, 2.45) is 11.3 Å². The molecule has 1 aliphatic rings. The van der Waals surface area contributed by atoms with Crippen LogP contribution in [0.2, 0.25) is 5.02 Å². The van der Waals surface area contributed by atoms with Crippen molar-refractivity contribution in [1.29, 1.82) is 5.26 Å². The first kappa shape index (κ1) is 20.8. The molecule has 28 heavy (non-hydrogen) atoms. The van der Waals surface area contributed by atoms with Gasteiger partial charge in [-0.25, -0.2) is 0 Å². The molecule has 0 radical (unpaired) electrons. The third-order valence-corrected chi connectivity index (χ3v) is 6.79. The van der Waals surface area contributed by atoms with Crippen molar-refractivity contribution in [2.75, 3.05) is 5.32 Å². The summed E-state index contributed by atoms with van der Waals surface area (Å²) in [7, 11) is 0. The Morgan fingerprint density at radius 1 is 1.32 bits per heavy atom. The summed E-state index contributed by atoms with van der Waals surface area (Å²) in [5, 5.41) is 16.8. The van der Waals surface area contributed by atoms with Gasteiger partial charge in [-0.3, -0.25) is 10.1 Å². The quantitative estimate of drug-likeness (QED) is 0.611. The highest BCUT2D eigenvalue weighted by Crippen LogP contribution is 2.43. The molecule has 2 N–H and O–H groups in total. The average Bonchev–Trinajstić information content (AvgIpc) is 2.97. The number of hydrogen-bond acceptors (Lipinski definition) is 4. The Labute approximate surface area is 179 Å². The zero-order valence-corrected chi connectivity index (χ0v) is 18.4. The summed E-state index contributed by atoms with van der Waals surface area (Å²) in [4.78, 5) is 13.6. The SMILES string of the molecule is CC(C)(C)[C@@H]1CCc2c(sc(NC(=S)NC(=O)c3ccc(Cl)cc3)c2C#N)C1. The predicted molar refractivity (Wildman–Crippen MR) is 119 cm³/mol. The van der Waals surface area contributed by atoms with Gasteiger partial charge in [-0.05, 0) is 72.6 Å². The van der Waals surface area contributed by atoms with Crippen LogP contribution in [0.25, 0.3) is 0 Å². The number of nitrogens with one attached hydrogen (secondary N) is 2. The van der Waals surface area contributed by atoms with E-state index in [1.165, 1.54) is 4.88 Å². The molecule has 0 saturated carbocycles. The van der Waals surface area contributed by atoms with Gasteiger partial charge in [-0.2, -0.15) is 5.26 Å². The Hall–Kier alpha value is -1.94. The van der Waals surface area contributed by atoms with Crippen LogP contribution in [-0.4, -0.2) is 11.0 Å². The van der Waals surface area contributed by atoms with Crippen LogP contribution in [-0.2, 0) is 12.8 Å². The van der Waals surface area contributed by atoms with Crippen LogP contribution < -0.4 is 10.6 Å². The lowest BCUT2D eigenvalue weighted by atomic mass is 9.72. The van der Waals surface area contributed by atoms with Crippen molar-refractivity contribution in [1.82, 2.24) is 5.32 Å². The number of rotatable bonds is 2. The fourth-order valence-corrected chi connectivity index (χ4v) is 5.11. The van der Waals surface area contributed by atoms with Gasteiger partial charge in [0.05, 0.1) is 5.56 Å². The maximum absolute atomic E-state index is 12.3. The minimum Gasteiger partial charge on any atom is -0.323 e. The number of anilines is 1. The molecule has 2 aromatic rings. The average molecular weight is 432 g/mol. The Morgan fingerprint density at radius 2 is 2.00 bits per heavy atom. The molecule has 0 bridgehead atoms. The van der Waals surface area contributed by atoms with Crippen molar-refractivity contribution in [2.45, 2.75) is 40.0 Å². The summed E-state index contributed by atoms with van der Waals surface area (Å²) in [5.41, 5.74) is 2.48. The van der Waals surface area contributed by atoms with E-state index in [1.54, 1.807) is 35.6 Å². The van der Waals surface area contributed by atoms with Gasteiger partial charge in [0.25, 0.3) is 5.91 Å². The van der Waals surface area contributed by atoms with Crippen molar-refractivity contribution >= 4 is 51.2 Å².